The highest BCUT2D eigenvalue weighted by Crippen LogP contribution is 2.27. The fourth-order valence-corrected chi connectivity index (χ4v) is 1.72. The summed E-state index contributed by atoms with van der Waals surface area (Å²) in [4.78, 5) is 8.54. The molecule has 6 nitrogen and oxygen atoms in total. The van der Waals surface area contributed by atoms with E-state index < -0.39 is 0 Å². The lowest BCUT2D eigenvalue weighted by Crippen LogP contribution is -2.02. The number of nitrogens with one attached hydrogen (secondary N) is 2. The zero-order valence-electron chi connectivity index (χ0n) is 11.8. The number of aromatic nitrogens is 2. The van der Waals surface area contributed by atoms with Crippen LogP contribution in [0.2, 0.25) is 0 Å². The molecule has 0 radical (unpaired) electrons. The highest BCUT2D eigenvalue weighted by atomic mass is 16.5. The molecule has 0 aliphatic carbocycles. The Bertz CT molecular complexity index is 553. The van der Waals surface area contributed by atoms with Gasteiger partial charge in [-0.25, -0.2) is 4.98 Å². The van der Waals surface area contributed by atoms with Gasteiger partial charge in [0, 0.05) is 30.4 Å². The Balaban J connectivity index is 2.22. The molecule has 1 heterocycles. The van der Waals surface area contributed by atoms with Crippen LogP contribution in [0.3, 0.4) is 0 Å². The fourth-order valence-electron chi connectivity index (χ4n) is 1.72. The lowest BCUT2D eigenvalue weighted by Gasteiger charge is -2.10. The Hall–Kier alpha value is -2.50. The average Bonchev–Trinajstić information content (AvgIpc) is 2.47. The van der Waals surface area contributed by atoms with Crippen molar-refractivity contribution in [2.75, 3.05) is 31.4 Å². The summed E-state index contributed by atoms with van der Waals surface area (Å²) in [6.45, 7) is 2.81. The molecule has 0 aliphatic rings. The van der Waals surface area contributed by atoms with E-state index in [0.29, 0.717) is 17.3 Å². The van der Waals surface area contributed by atoms with Crippen molar-refractivity contribution < 1.29 is 9.47 Å². The fraction of sp³-hybridized carbons (Fsp3) is 0.286. The van der Waals surface area contributed by atoms with Crippen LogP contribution in [0, 0.1) is 0 Å². The van der Waals surface area contributed by atoms with E-state index in [-0.39, 0.29) is 0 Å². The summed E-state index contributed by atoms with van der Waals surface area (Å²) in [5.41, 5.74) is 0.823. The minimum absolute atomic E-state index is 0.652. The van der Waals surface area contributed by atoms with Gasteiger partial charge in [0.05, 0.1) is 26.6 Å². The number of anilines is 3. The molecule has 0 amide bonds. The van der Waals surface area contributed by atoms with Gasteiger partial charge >= 0.3 is 0 Å². The van der Waals surface area contributed by atoms with Gasteiger partial charge < -0.3 is 20.1 Å². The molecular weight excluding hydrogens is 256 g/mol. The Morgan fingerprint density at radius 1 is 1.00 bits per heavy atom. The van der Waals surface area contributed by atoms with Crippen molar-refractivity contribution in [3.05, 3.63) is 30.6 Å². The molecule has 1 aromatic heterocycles. The smallest absolute Gasteiger partial charge is 0.151 e. The van der Waals surface area contributed by atoms with Crippen LogP contribution in [0.25, 0.3) is 0 Å². The first-order chi connectivity index (χ1) is 9.75. The molecule has 0 saturated carbocycles. The Kier molecular flexibility index (Phi) is 4.60. The number of rotatable bonds is 6. The number of hydrogen-bond acceptors (Lipinski definition) is 6. The normalized spacial score (nSPS) is 9.95. The molecule has 2 aromatic rings. The summed E-state index contributed by atoms with van der Waals surface area (Å²) < 4.78 is 10.5. The van der Waals surface area contributed by atoms with Crippen molar-refractivity contribution in [1.29, 1.82) is 0 Å². The minimum atomic E-state index is 0.652. The lowest BCUT2D eigenvalue weighted by atomic mass is 10.2. The number of nitrogens with zero attached hydrogens (tertiary/aromatic N) is 2. The predicted octanol–water partition coefficient (Wildman–Crippen LogP) is 2.67. The van der Waals surface area contributed by atoms with Crippen molar-refractivity contribution in [3.8, 4) is 11.5 Å². The van der Waals surface area contributed by atoms with Crippen LogP contribution in [0.4, 0.5) is 17.3 Å². The van der Waals surface area contributed by atoms with E-state index in [1.807, 2.05) is 25.1 Å². The summed E-state index contributed by atoms with van der Waals surface area (Å²) in [7, 11) is 3.23. The quantitative estimate of drug-likeness (QED) is 0.844. The van der Waals surface area contributed by atoms with Gasteiger partial charge in [0.15, 0.2) is 5.82 Å². The van der Waals surface area contributed by atoms with E-state index in [4.69, 9.17) is 9.47 Å². The molecule has 0 bridgehead atoms. The van der Waals surface area contributed by atoms with Crippen molar-refractivity contribution >= 4 is 17.3 Å². The van der Waals surface area contributed by atoms with Gasteiger partial charge in [0.1, 0.15) is 17.3 Å². The van der Waals surface area contributed by atoms with E-state index >= 15 is 0 Å². The molecule has 2 N–H and O–H groups in total. The van der Waals surface area contributed by atoms with Gasteiger partial charge in [0.2, 0.25) is 0 Å². The van der Waals surface area contributed by atoms with Crippen LogP contribution in [0.15, 0.2) is 30.6 Å². The van der Waals surface area contributed by atoms with Crippen molar-refractivity contribution in [2.24, 2.45) is 0 Å². The number of methoxy groups -OCH3 is 2. The first-order valence-electron chi connectivity index (χ1n) is 6.31. The topological polar surface area (TPSA) is 68.3 Å². The van der Waals surface area contributed by atoms with Crippen molar-refractivity contribution in [2.45, 2.75) is 6.92 Å². The standard InChI is InChI=1S/C14H18N4O2/c1-4-16-13-8-15-9-14(18-13)17-10-5-11(19-2)7-12(6-10)20-3/h5-9H,4H2,1-3H3,(H2,16,17,18). The molecule has 0 fully saturated rings. The second kappa shape index (κ2) is 6.60. The molecule has 20 heavy (non-hydrogen) atoms. The third-order valence-electron chi connectivity index (χ3n) is 2.62. The predicted molar refractivity (Wildman–Crippen MR) is 79.0 cm³/mol. The Morgan fingerprint density at radius 3 is 2.25 bits per heavy atom. The molecule has 106 valence electrons. The maximum absolute atomic E-state index is 5.23. The summed E-state index contributed by atoms with van der Waals surface area (Å²) in [6.07, 6.45) is 3.34. The summed E-state index contributed by atoms with van der Waals surface area (Å²) >= 11 is 0. The Labute approximate surface area is 118 Å². The van der Waals surface area contributed by atoms with Crippen molar-refractivity contribution in [3.63, 3.8) is 0 Å². The number of hydrogen-bond donors (Lipinski definition) is 2. The van der Waals surface area contributed by atoms with Crippen molar-refractivity contribution in [1.82, 2.24) is 9.97 Å². The highest BCUT2D eigenvalue weighted by molar-refractivity contribution is 5.61. The highest BCUT2D eigenvalue weighted by Gasteiger charge is 2.04. The molecule has 0 saturated heterocycles. The third-order valence-corrected chi connectivity index (χ3v) is 2.62. The zero-order chi connectivity index (χ0) is 14.4. The van der Waals surface area contributed by atoms with Crippen LogP contribution in [-0.2, 0) is 0 Å². The molecule has 1 aromatic carbocycles. The molecule has 0 spiro atoms. The molecule has 0 atom stereocenters. The van der Waals surface area contributed by atoms with Crippen LogP contribution >= 0.6 is 0 Å². The first-order valence-corrected chi connectivity index (χ1v) is 6.31. The molecule has 2 rings (SSSR count). The van der Waals surface area contributed by atoms with E-state index in [9.17, 15) is 0 Å². The van der Waals surface area contributed by atoms with E-state index in [0.717, 1.165) is 18.1 Å². The zero-order valence-corrected chi connectivity index (χ0v) is 11.8. The summed E-state index contributed by atoms with van der Waals surface area (Å²) in [5.74, 6) is 2.80. The van der Waals surface area contributed by atoms with Crippen LogP contribution in [0.1, 0.15) is 6.92 Å². The number of benzene rings is 1. The number of ether oxygens (including phenoxy) is 2. The summed E-state index contributed by atoms with van der Waals surface area (Å²) in [6, 6.07) is 5.54. The maximum atomic E-state index is 5.23. The average molecular weight is 274 g/mol. The van der Waals surface area contributed by atoms with Gasteiger partial charge in [-0.2, -0.15) is 0 Å². The van der Waals surface area contributed by atoms with Gasteiger partial charge in [0.25, 0.3) is 0 Å². The van der Waals surface area contributed by atoms with Gasteiger partial charge in [-0.05, 0) is 6.92 Å². The van der Waals surface area contributed by atoms with Crippen LogP contribution in [-0.4, -0.2) is 30.7 Å². The SMILES string of the molecule is CCNc1cncc(Nc2cc(OC)cc(OC)c2)n1. The monoisotopic (exact) mass is 274 g/mol. The second-order valence-corrected chi connectivity index (χ2v) is 4.05. The van der Waals surface area contributed by atoms with E-state index in [1.54, 1.807) is 26.6 Å². The van der Waals surface area contributed by atoms with E-state index in [1.165, 1.54) is 0 Å². The molecule has 0 unspecified atom stereocenters. The van der Waals surface area contributed by atoms with Crippen LogP contribution < -0.4 is 20.1 Å². The van der Waals surface area contributed by atoms with Gasteiger partial charge in [-0.3, -0.25) is 4.98 Å². The van der Waals surface area contributed by atoms with Gasteiger partial charge in [-0.15, -0.1) is 0 Å². The minimum Gasteiger partial charge on any atom is -0.497 e. The largest absolute Gasteiger partial charge is 0.497 e. The van der Waals surface area contributed by atoms with Gasteiger partial charge in [-0.1, -0.05) is 0 Å². The maximum Gasteiger partial charge on any atom is 0.151 e. The van der Waals surface area contributed by atoms with Crippen LogP contribution in [0.5, 0.6) is 11.5 Å². The third kappa shape index (κ3) is 3.50. The Morgan fingerprint density at radius 2 is 1.65 bits per heavy atom. The van der Waals surface area contributed by atoms with E-state index in [2.05, 4.69) is 20.6 Å². The summed E-state index contributed by atoms with van der Waals surface area (Å²) in [5, 5.41) is 6.29. The second-order valence-electron chi connectivity index (χ2n) is 4.05. The first kappa shape index (κ1) is 13.9. The molecular formula is C14H18N4O2. The molecule has 6 heteroatoms. The molecule has 0 aliphatic heterocycles. The lowest BCUT2D eigenvalue weighted by molar-refractivity contribution is 0.395.